The van der Waals surface area contributed by atoms with Crippen molar-refractivity contribution in [1.82, 2.24) is 9.78 Å². The number of halogens is 1. The van der Waals surface area contributed by atoms with Crippen LogP contribution in [0.15, 0.2) is 30.5 Å². The fourth-order valence-electron chi connectivity index (χ4n) is 1.27. The first kappa shape index (κ1) is 9.51. The number of aromatic hydroxyl groups is 1. The number of aromatic nitrogens is 2. The molecule has 0 unspecified atom stereocenters. The van der Waals surface area contributed by atoms with Crippen LogP contribution in [0.25, 0.3) is 11.3 Å². The van der Waals surface area contributed by atoms with Crippen molar-refractivity contribution in [2.24, 2.45) is 7.05 Å². The van der Waals surface area contributed by atoms with Gasteiger partial charge >= 0.3 is 0 Å². The zero-order chi connectivity index (χ0) is 10.1. The van der Waals surface area contributed by atoms with Crippen LogP contribution >= 0.6 is 22.6 Å². The first-order valence-electron chi connectivity index (χ1n) is 4.15. The summed E-state index contributed by atoms with van der Waals surface area (Å²) in [5.41, 5.74) is 1.97. The largest absolute Gasteiger partial charge is 0.508 e. The van der Waals surface area contributed by atoms with Gasteiger partial charge in [-0.05, 0) is 46.9 Å². The number of benzene rings is 1. The molecular weight excluding hydrogens is 291 g/mol. The number of aryl methyl sites for hydroxylation is 1. The van der Waals surface area contributed by atoms with Crippen molar-refractivity contribution in [3.05, 3.63) is 34.0 Å². The molecule has 0 saturated heterocycles. The van der Waals surface area contributed by atoms with Crippen molar-refractivity contribution in [2.45, 2.75) is 0 Å². The molecule has 0 bridgehead atoms. The zero-order valence-corrected chi connectivity index (χ0v) is 9.76. The Hall–Kier alpha value is -1.04. The van der Waals surface area contributed by atoms with Crippen LogP contribution in [0.3, 0.4) is 0 Å². The lowest BCUT2D eigenvalue weighted by Crippen LogP contribution is -1.87. The summed E-state index contributed by atoms with van der Waals surface area (Å²) in [5, 5.41) is 13.5. The Morgan fingerprint density at radius 1 is 1.29 bits per heavy atom. The lowest BCUT2D eigenvalue weighted by atomic mass is 10.1. The van der Waals surface area contributed by atoms with E-state index in [1.54, 1.807) is 16.8 Å². The minimum absolute atomic E-state index is 0.277. The Labute approximate surface area is 95.5 Å². The van der Waals surface area contributed by atoms with Gasteiger partial charge in [0, 0.05) is 18.8 Å². The maximum Gasteiger partial charge on any atom is 0.115 e. The molecule has 2 aromatic rings. The lowest BCUT2D eigenvalue weighted by Gasteiger charge is -1.97. The number of phenolic OH excluding ortho intramolecular Hbond substituents is 1. The number of nitrogens with zero attached hydrogens (tertiary/aromatic N) is 2. The van der Waals surface area contributed by atoms with Crippen molar-refractivity contribution in [2.75, 3.05) is 0 Å². The van der Waals surface area contributed by atoms with Gasteiger partial charge in [0.05, 0.1) is 3.57 Å². The summed E-state index contributed by atoms with van der Waals surface area (Å²) in [6, 6.07) is 7.06. The van der Waals surface area contributed by atoms with Crippen LogP contribution in [0.1, 0.15) is 0 Å². The first-order valence-corrected chi connectivity index (χ1v) is 5.23. The first-order chi connectivity index (χ1) is 6.66. The third-order valence-corrected chi connectivity index (χ3v) is 2.71. The van der Waals surface area contributed by atoms with Gasteiger partial charge in [-0.1, -0.05) is 0 Å². The fraction of sp³-hybridized carbons (Fsp3) is 0.100. The number of rotatable bonds is 1. The average Bonchev–Trinajstić information content (AvgIpc) is 2.47. The summed E-state index contributed by atoms with van der Waals surface area (Å²) >= 11 is 2.25. The molecule has 0 saturated carbocycles. The molecule has 0 fully saturated rings. The van der Waals surface area contributed by atoms with Gasteiger partial charge in [-0.2, -0.15) is 5.10 Å². The summed E-state index contributed by atoms with van der Waals surface area (Å²) in [5.74, 6) is 0.277. The highest BCUT2D eigenvalue weighted by atomic mass is 127. The Morgan fingerprint density at radius 3 is 2.43 bits per heavy atom. The number of hydrogen-bond acceptors (Lipinski definition) is 2. The molecule has 14 heavy (non-hydrogen) atoms. The second-order valence-electron chi connectivity index (χ2n) is 3.05. The van der Waals surface area contributed by atoms with Crippen LogP contribution in [0.5, 0.6) is 5.75 Å². The summed E-state index contributed by atoms with van der Waals surface area (Å²) in [7, 11) is 1.89. The van der Waals surface area contributed by atoms with Gasteiger partial charge in [0.25, 0.3) is 0 Å². The van der Waals surface area contributed by atoms with E-state index in [4.69, 9.17) is 5.11 Å². The molecule has 3 nitrogen and oxygen atoms in total. The molecule has 0 radical (unpaired) electrons. The van der Waals surface area contributed by atoms with E-state index in [-0.39, 0.29) is 5.75 Å². The highest BCUT2D eigenvalue weighted by Crippen LogP contribution is 2.24. The minimum atomic E-state index is 0.277. The van der Waals surface area contributed by atoms with E-state index in [1.807, 2.05) is 25.4 Å². The molecule has 1 aromatic heterocycles. The molecule has 0 aliphatic heterocycles. The molecule has 72 valence electrons. The quantitative estimate of drug-likeness (QED) is 0.821. The van der Waals surface area contributed by atoms with Crippen molar-refractivity contribution >= 4 is 22.6 Å². The van der Waals surface area contributed by atoms with Gasteiger partial charge < -0.3 is 5.11 Å². The topological polar surface area (TPSA) is 38.0 Å². The van der Waals surface area contributed by atoms with E-state index in [2.05, 4.69) is 27.7 Å². The van der Waals surface area contributed by atoms with Crippen molar-refractivity contribution in [3.8, 4) is 17.0 Å². The van der Waals surface area contributed by atoms with Crippen LogP contribution in [0, 0.1) is 3.57 Å². The Morgan fingerprint density at radius 2 is 1.93 bits per heavy atom. The molecule has 0 atom stereocenters. The van der Waals surface area contributed by atoms with Crippen LogP contribution in [-0.4, -0.2) is 14.9 Å². The van der Waals surface area contributed by atoms with Gasteiger partial charge in [0.1, 0.15) is 11.4 Å². The molecular formula is C10H9IN2O. The fourth-order valence-corrected chi connectivity index (χ4v) is 2.10. The van der Waals surface area contributed by atoms with E-state index in [1.165, 1.54) is 0 Å². The van der Waals surface area contributed by atoms with Crippen LogP contribution in [0.4, 0.5) is 0 Å². The van der Waals surface area contributed by atoms with Crippen LogP contribution < -0.4 is 0 Å². The average molecular weight is 300 g/mol. The third kappa shape index (κ3) is 1.75. The van der Waals surface area contributed by atoms with Crippen molar-refractivity contribution in [1.29, 1.82) is 0 Å². The van der Waals surface area contributed by atoms with E-state index < -0.39 is 0 Å². The summed E-state index contributed by atoms with van der Waals surface area (Å²) in [4.78, 5) is 0. The number of phenols is 1. The SMILES string of the molecule is Cn1cc(I)c(-c2ccc(O)cc2)n1. The maximum atomic E-state index is 9.15. The van der Waals surface area contributed by atoms with Gasteiger partial charge in [-0.3, -0.25) is 4.68 Å². The van der Waals surface area contributed by atoms with Crippen molar-refractivity contribution < 1.29 is 5.11 Å². The molecule has 0 aliphatic carbocycles. The Balaban J connectivity index is 2.49. The summed E-state index contributed by atoms with van der Waals surface area (Å²) < 4.78 is 2.89. The molecule has 0 aliphatic rings. The third-order valence-electron chi connectivity index (χ3n) is 1.92. The zero-order valence-electron chi connectivity index (χ0n) is 7.61. The second kappa shape index (κ2) is 3.61. The lowest BCUT2D eigenvalue weighted by molar-refractivity contribution is 0.475. The molecule has 1 heterocycles. The highest BCUT2D eigenvalue weighted by molar-refractivity contribution is 14.1. The second-order valence-corrected chi connectivity index (χ2v) is 4.21. The molecule has 0 spiro atoms. The standard InChI is InChI=1S/C10H9IN2O/c1-13-6-9(11)10(12-13)7-2-4-8(14)5-3-7/h2-6,14H,1H3. The highest BCUT2D eigenvalue weighted by Gasteiger charge is 2.06. The predicted molar refractivity (Wildman–Crippen MR) is 63.0 cm³/mol. The minimum Gasteiger partial charge on any atom is -0.508 e. The van der Waals surface area contributed by atoms with E-state index in [0.717, 1.165) is 14.8 Å². The van der Waals surface area contributed by atoms with Crippen LogP contribution in [-0.2, 0) is 7.05 Å². The Bertz CT molecular complexity index is 448. The molecule has 1 aromatic carbocycles. The van der Waals surface area contributed by atoms with E-state index >= 15 is 0 Å². The van der Waals surface area contributed by atoms with Gasteiger partial charge in [-0.15, -0.1) is 0 Å². The number of hydrogen-bond donors (Lipinski definition) is 1. The van der Waals surface area contributed by atoms with E-state index in [0.29, 0.717) is 0 Å². The molecule has 1 N–H and O–H groups in total. The van der Waals surface area contributed by atoms with Gasteiger partial charge in [-0.25, -0.2) is 0 Å². The van der Waals surface area contributed by atoms with E-state index in [9.17, 15) is 0 Å². The molecule has 2 rings (SSSR count). The summed E-state index contributed by atoms with van der Waals surface area (Å²) in [6.45, 7) is 0. The molecule has 4 heteroatoms. The van der Waals surface area contributed by atoms with Crippen molar-refractivity contribution in [3.63, 3.8) is 0 Å². The Kier molecular flexibility index (Phi) is 2.45. The molecule has 0 amide bonds. The summed E-state index contributed by atoms with van der Waals surface area (Å²) in [6.07, 6.45) is 1.96. The monoisotopic (exact) mass is 300 g/mol. The maximum absolute atomic E-state index is 9.15. The van der Waals surface area contributed by atoms with Crippen LogP contribution in [0.2, 0.25) is 0 Å². The van der Waals surface area contributed by atoms with Gasteiger partial charge in [0.2, 0.25) is 0 Å². The van der Waals surface area contributed by atoms with Gasteiger partial charge in [0.15, 0.2) is 0 Å². The smallest absolute Gasteiger partial charge is 0.115 e. The normalized spacial score (nSPS) is 10.4. The predicted octanol–water partition coefficient (Wildman–Crippen LogP) is 2.40.